The molecule has 1 N–H and O–H groups in total. The number of amides is 2. The molecule has 1 aromatic carbocycles. The quantitative estimate of drug-likeness (QED) is 0.112. The molecule has 7 atom stereocenters. The smallest absolute Gasteiger partial charge is 0.435 e. The van der Waals surface area contributed by atoms with Gasteiger partial charge in [-0.2, -0.15) is 31.4 Å². The van der Waals surface area contributed by atoms with Crippen molar-refractivity contribution in [2.24, 2.45) is 29.1 Å². The number of carbonyl (C=O) groups is 4. The number of ether oxygens (including phenoxy) is 3. The molecule has 3 fully saturated rings. The SMILES string of the molecule is CC[C@@H]1C[C@H](C)CC/C=C\[C@@H]2C[C@@]2(C(=O)NS(=O)(=O)C2(C)CC2)CC(=O)[C@@H]2C[C@@H](Oc3cc(-n4ccc(C(F)(F)F)n4)nc4cc(OC)ccc34)CN2C(=O)[C@H]1CC(=O)OC(C)(C)C(F)(F)F. The maximum atomic E-state index is 15.2. The summed E-state index contributed by atoms with van der Waals surface area (Å²) < 4.78 is 128. The van der Waals surface area contributed by atoms with E-state index in [0.717, 1.165) is 16.9 Å². The van der Waals surface area contributed by atoms with E-state index in [0.29, 0.717) is 63.5 Å². The number of Topliss-reactive ketones (excluding diaryl/α,β-unsaturated/α-hetero) is 1. The topological polar surface area (TPSA) is 176 Å². The number of esters is 1. The summed E-state index contributed by atoms with van der Waals surface area (Å²) in [6.45, 7) is 6.36. The number of allylic oxidation sites excluding steroid dienone is 2. The number of hydrogen-bond acceptors (Lipinski definition) is 11. The molecule has 2 aliphatic heterocycles. The fraction of sp³-hybridized carbons (Fsp3) is 0.609. The third kappa shape index (κ3) is 10.3. The van der Waals surface area contributed by atoms with Gasteiger partial charge in [0.15, 0.2) is 17.3 Å². The Labute approximate surface area is 384 Å². The zero-order valence-corrected chi connectivity index (χ0v) is 38.8. The van der Waals surface area contributed by atoms with Gasteiger partial charge in [-0.1, -0.05) is 32.4 Å². The third-order valence-electron chi connectivity index (χ3n) is 13.9. The number of benzene rings is 1. The van der Waals surface area contributed by atoms with Crippen molar-refractivity contribution < 1.29 is 68.1 Å². The van der Waals surface area contributed by atoms with Crippen molar-refractivity contribution in [3.05, 3.63) is 54.4 Å². The summed E-state index contributed by atoms with van der Waals surface area (Å²) in [6.07, 6.45) is -4.70. The molecule has 0 radical (unpaired) electrons. The number of ketones is 1. The highest BCUT2D eigenvalue weighted by Gasteiger charge is 2.63. The van der Waals surface area contributed by atoms with Crippen LogP contribution in [0.1, 0.15) is 105 Å². The molecule has 2 amide bonds. The van der Waals surface area contributed by atoms with Crippen LogP contribution in [0.25, 0.3) is 16.7 Å². The monoisotopic (exact) mass is 967 g/mol. The fourth-order valence-electron chi connectivity index (χ4n) is 9.19. The van der Waals surface area contributed by atoms with Crippen LogP contribution in [-0.2, 0) is 40.1 Å². The van der Waals surface area contributed by atoms with Gasteiger partial charge in [0.05, 0.1) is 47.7 Å². The number of nitrogens with one attached hydrogen (secondary N) is 1. The maximum Gasteiger partial charge on any atom is 0.435 e. The number of carbonyl (C=O) groups excluding carboxylic acids is 4. The van der Waals surface area contributed by atoms with Crippen molar-refractivity contribution in [2.75, 3.05) is 13.7 Å². The second-order valence-corrected chi connectivity index (χ2v) is 21.5. The minimum atomic E-state index is -4.93. The third-order valence-corrected chi connectivity index (χ3v) is 16.1. The summed E-state index contributed by atoms with van der Waals surface area (Å²) >= 11 is 0. The Morgan fingerprint density at radius 2 is 1.75 bits per heavy atom. The van der Waals surface area contributed by atoms with Gasteiger partial charge in [0.25, 0.3) is 0 Å². The molecule has 4 heterocycles. The number of methoxy groups -OCH3 is 1. The average molecular weight is 968 g/mol. The van der Waals surface area contributed by atoms with Gasteiger partial charge in [0, 0.05) is 36.6 Å². The van der Waals surface area contributed by atoms with Crippen LogP contribution >= 0.6 is 0 Å². The van der Waals surface area contributed by atoms with Crippen molar-refractivity contribution in [3.8, 4) is 17.3 Å². The molecule has 0 spiro atoms. The molecule has 1 saturated heterocycles. The first-order valence-corrected chi connectivity index (χ1v) is 23.8. The van der Waals surface area contributed by atoms with Gasteiger partial charge in [0.1, 0.15) is 17.6 Å². The van der Waals surface area contributed by atoms with E-state index in [2.05, 4.69) is 14.8 Å². The summed E-state index contributed by atoms with van der Waals surface area (Å²) in [7, 11) is -2.71. The lowest BCUT2D eigenvalue weighted by atomic mass is 9.79. The summed E-state index contributed by atoms with van der Waals surface area (Å²) in [5.41, 5.74) is -5.33. The molecule has 366 valence electrons. The zero-order chi connectivity index (χ0) is 49.1. The van der Waals surface area contributed by atoms with Crippen molar-refractivity contribution in [2.45, 2.75) is 134 Å². The largest absolute Gasteiger partial charge is 0.497 e. The van der Waals surface area contributed by atoms with Gasteiger partial charge in [-0.15, -0.1) is 0 Å². The highest BCUT2D eigenvalue weighted by molar-refractivity contribution is 7.91. The first kappa shape index (κ1) is 49.7. The van der Waals surface area contributed by atoms with Gasteiger partial charge >= 0.3 is 18.3 Å². The van der Waals surface area contributed by atoms with E-state index >= 15 is 4.79 Å². The lowest BCUT2D eigenvalue weighted by Crippen LogP contribution is -2.49. The number of hydrogen-bond donors (Lipinski definition) is 1. The van der Waals surface area contributed by atoms with Gasteiger partial charge in [-0.3, -0.25) is 23.9 Å². The van der Waals surface area contributed by atoms with E-state index in [1.54, 1.807) is 19.1 Å². The minimum Gasteiger partial charge on any atom is -0.497 e. The number of fused-ring (bicyclic) bond motifs is 3. The van der Waals surface area contributed by atoms with Crippen LogP contribution in [0.15, 0.2) is 48.7 Å². The molecule has 4 aliphatic rings. The molecule has 14 nitrogen and oxygen atoms in total. The Morgan fingerprint density at radius 1 is 1.03 bits per heavy atom. The lowest BCUT2D eigenvalue weighted by molar-refractivity contribution is -0.257. The lowest BCUT2D eigenvalue weighted by Gasteiger charge is -2.34. The summed E-state index contributed by atoms with van der Waals surface area (Å²) in [5.74, 6) is -5.51. The van der Waals surface area contributed by atoms with Crippen molar-refractivity contribution in [1.29, 1.82) is 0 Å². The molecule has 2 aromatic heterocycles. The number of nitrogens with zero attached hydrogens (tertiary/aromatic N) is 4. The fourth-order valence-corrected chi connectivity index (χ4v) is 10.5. The Morgan fingerprint density at radius 3 is 2.37 bits per heavy atom. The molecule has 0 unspecified atom stereocenters. The van der Waals surface area contributed by atoms with Crippen LogP contribution < -0.4 is 14.2 Å². The van der Waals surface area contributed by atoms with Crippen LogP contribution in [0.4, 0.5) is 26.3 Å². The van der Waals surface area contributed by atoms with Gasteiger partial charge < -0.3 is 19.1 Å². The highest BCUT2D eigenvalue weighted by atomic mass is 32.2. The Bertz CT molecular complexity index is 2560. The molecule has 2 aliphatic carbocycles. The first-order chi connectivity index (χ1) is 31.2. The molecule has 7 rings (SSSR count). The van der Waals surface area contributed by atoms with Crippen molar-refractivity contribution in [1.82, 2.24) is 24.4 Å². The molecule has 3 aromatic rings. The summed E-state index contributed by atoms with van der Waals surface area (Å²) in [5, 5.41) is 4.03. The summed E-state index contributed by atoms with van der Waals surface area (Å²) in [4.78, 5) is 63.4. The number of rotatable bonds is 11. The normalized spacial score (nSPS) is 27.6. The predicted octanol–water partition coefficient (Wildman–Crippen LogP) is 8.05. The zero-order valence-electron chi connectivity index (χ0n) is 38.0. The van der Waals surface area contributed by atoms with Crippen LogP contribution in [0.3, 0.4) is 0 Å². The van der Waals surface area contributed by atoms with Crippen LogP contribution in [0, 0.1) is 29.1 Å². The number of halogens is 6. The standard InChI is InChI=1S/C46H55F6N5O9S/c1-7-27-18-26(2)10-8-9-11-28-23-44(28,41(61)55-67(62,63)43(5)15-16-43)24-35(58)34-20-30(25-56(34)40(60)32(27)21-39(59)66-42(3,4)46(50,51)52)65-36-22-38(57-17-14-37(54-57)45(47,48)49)53-33-19-29(64-6)12-13-31(33)36/h9,11-14,17,19,22,26-28,30,32,34H,7-8,10,15-16,18,20-21,23-25H2,1-6H3,(H,55,61)/b11-9-/t26-,27-,28-,30-,32+,34+,44-/m1/s1. The highest BCUT2D eigenvalue weighted by Crippen LogP contribution is 2.58. The van der Waals surface area contributed by atoms with E-state index in [1.165, 1.54) is 31.1 Å². The van der Waals surface area contributed by atoms with Crippen LogP contribution in [-0.4, -0.2) is 94.0 Å². The number of pyridine rings is 1. The van der Waals surface area contributed by atoms with Crippen LogP contribution in [0.2, 0.25) is 0 Å². The average Bonchev–Trinajstić information content (AvgIpc) is 4.01. The van der Waals surface area contributed by atoms with Gasteiger partial charge in [0.2, 0.25) is 27.4 Å². The first-order valence-electron chi connectivity index (χ1n) is 22.3. The molecular weight excluding hydrogens is 913 g/mol. The second kappa shape index (κ2) is 18.0. The maximum absolute atomic E-state index is 15.2. The van der Waals surface area contributed by atoms with Crippen molar-refractivity contribution >= 4 is 44.5 Å². The van der Waals surface area contributed by atoms with Crippen LogP contribution in [0.5, 0.6) is 11.5 Å². The number of sulfonamides is 1. The Balaban J connectivity index is 1.28. The van der Waals surface area contributed by atoms with E-state index < -0.39 is 110 Å². The Hall–Kier alpha value is -5.21. The van der Waals surface area contributed by atoms with E-state index in [9.17, 15) is 49.1 Å². The summed E-state index contributed by atoms with van der Waals surface area (Å²) in [6, 6.07) is 5.51. The molecule has 67 heavy (non-hydrogen) atoms. The minimum absolute atomic E-state index is 0.0590. The van der Waals surface area contributed by atoms with Gasteiger partial charge in [-0.25, -0.2) is 18.1 Å². The van der Waals surface area contributed by atoms with Crippen molar-refractivity contribution in [3.63, 3.8) is 0 Å². The predicted molar refractivity (Wildman–Crippen MR) is 230 cm³/mol. The number of aromatic nitrogens is 3. The van der Waals surface area contributed by atoms with E-state index in [1.807, 2.05) is 19.1 Å². The molecule has 21 heteroatoms. The Kier molecular flexibility index (Phi) is 13.4. The molecule has 0 bridgehead atoms. The van der Waals surface area contributed by atoms with E-state index in [4.69, 9.17) is 14.2 Å². The second-order valence-electron chi connectivity index (χ2n) is 19.3. The number of alkyl halides is 6. The molecular formula is C46H55F6N5O9S. The van der Waals surface area contributed by atoms with Gasteiger partial charge in [-0.05, 0) is 95.2 Å². The van der Waals surface area contributed by atoms with E-state index in [-0.39, 0.29) is 42.4 Å². The molecule has 2 saturated carbocycles.